The van der Waals surface area contributed by atoms with Gasteiger partial charge in [0.25, 0.3) is 0 Å². The summed E-state index contributed by atoms with van der Waals surface area (Å²) in [6, 6.07) is 0. The molecule has 3 nitrogen and oxygen atoms in total. The van der Waals surface area contributed by atoms with E-state index >= 15 is 0 Å². The van der Waals surface area contributed by atoms with Crippen LogP contribution in [-0.4, -0.2) is 23.3 Å². The highest BCUT2D eigenvalue weighted by atomic mass is 16.5. The first-order chi connectivity index (χ1) is 5.15. The highest BCUT2D eigenvalue weighted by molar-refractivity contribution is 5.73. The predicted molar refractivity (Wildman–Crippen MR) is 40.0 cm³/mol. The molecule has 0 aromatic carbocycles. The van der Waals surface area contributed by atoms with Gasteiger partial charge < -0.3 is 9.84 Å². The number of aliphatic hydroxyl groups excluding tert-OH is 1. The third-order valence-electron chi connectivity index (χ3n) is 2.19. The minimum atomic E-state index is -0.513. The second-order valence-corrected chi connectivity index (χ2v) is 3.06. The third-order valence-corrected chi connectivity index (χ3v) is 2.19. The quantitative estimate of drug-likeness (QED) is 0.572. The van der Waals surface area contributed by atoms with Crippen LogP contribution in [0.1, 0.15) is 26.7 Å². The van der Waals surface area contributed by atoms with Crippen LogP contribution in [0.2, 0.25) is 0 Å². The topological polar surface area (TPSA) is 46.5 Å². The molecule has 1 N–H and O–H groups in total. The monoisotopic (exact) mass is 158 g/mol. The Hall–Kier alpha value is -0.570. The van der Waals surface area contributed by atoms with E-state index in [1.165, 1.54) is 0 Å². The van der Waals surface area contributed by atoms with Gasteiger partial charge in [-0.3, -0.25) is 4.79 Å². The molecule has 1 fully saturated rings. The van der Waals surface area contributed by atoms with E-state index in [-0.39, 0.29) is 18.0 Å². The second-order valence-electron chi connectivity index (χ2n) is 3.06. The van der Waals surface area contributed by atoms with Crippen molar-refractivity contribution in [3.05, 3.63) is 0 Å². The summed E-state index contributed by atoms with van der Waals surface area (Å²) < 4.78 is 5.02. The minimum Gasteiger partial charge on any atom is -0.462 e. The van der Waals surface area contributed by atoms with Crippen molar-refractivity contribution in [1.29, 1.82) is 0 Å². The lowest BCUT2D eigenvalue weighted by atomic mass is 9.95. The van der Waals surface area contributed by atoms with Gasteiger partial charge in [-0.05, 0) is 13.3 Å². The summed E-state index contributed by atoms with van der Waals surface area (Å²) in [4.78, 5) is 11.0. The van der Waals surface area contributed by atoms with Crippen LogP contribution in [0.4, 0.5) is 0 Å². The largest absolute Gasteiger partial charge is 0.462 e. The number of carbonyl (C=O) groups is 1. The highest BCUT2D eigenvalue weighted by Gasteiger charge is 2.33. The Labute approximate surface area is 66.4 Å². The lowest BCUT2D eigenvalue weighted by Crippen LogP contribution is -2.39. The van der Waals surface area contributed by atoms with Crippen molar-refractivity contribution in [2.45, 2.75) is 38.9 Å². The van der Waals surface area contributed by atoms with Gasteiger partial charge in [-0.15, -0.1) is 0 Å². The molecule has 1 unspecified atom stereocenters. The number of rotatable bonds is 1. The first-order valence-electron chi connectivity index (χ1n) is 4.03. The molecule has 0 aromatic rings. The molecule has 1 heterocycles. The minimum absolute atomic E-state index is 0.0753. The molecule has 3 heteroatoms. The maximum absolute atomic E-state index is 11.0. The Morgan fingerprint density at radius 1 is 1.73 bits per heavy atom. The van der Waals surface area contributed by atoms with Crippen LogP contribution in [0.25, 0.3) is 0 Å². The number of hydrogen-bond acceptors (Lipinski definition) is 3. The van der Waals surface area contributed by atoms with Gasteiger partial charge in [0.1, 0.15) is 6.10 Å². The fourth-order valence-corrected chi connectivity index (χ4v) is 1.20. The summed E-state index contributed by atoms with van der Waals surface area (Å²) in [5, 5.41) is 9.35. The first-order valence-corrected chi connectivity index (χ1v) is 4.03. The van der Waals surface area contributed by atoms with E-state index in [0.717, 1.165) is 6.42 Å². The van der Waals surface area contributed by atoms with Crippen molar-refractivity contribution in [3.8, 4) is 0 Å². The van der Waals surface area contributed by atoms with Crippen molar-refractivity contribution in [2.24, 2.45) is 5.92 Å². The molecule has 0 aliphatic carbocycles. The summed E-state index contributed by atoms with van der Waals surface area (Å²) in [5.41, 5.74) is 0. The Morgan fingerprint density at radius 2 is 2.36 bits per heavy atom. The Kier molecular flexibility index (Phi) is 2.49. The van der Waals surface area contributed by atoms with Gasteiger partial charge in [0, 0.05) is 6.42 Å². The molecule has 0 saturated carbocycles. The molecule has 1 aliphatic heterocycles. The number of cyclic esters (lactones) is 1. The van der Waals surface area contributed by atoms with Crippen LogP contribution in [0.15, 0.2) is 0 Å². The third kappa shape index (κ3) is 1.71. The molecule has 0 radical (unpaired) electrons. The van der Waals surface area contributed by atoms with Crippen LogP contribution in [0.5, 0.6) is 0 Å². The fraction of sp³-hybridized carbons (Fsp3) is 0.875. The van der Waals surface area contributed by atoms with E-state index in [1.807, 2.05) is 6.92 Å². The Morgan fingerprint density at radius 3 is 2.82 bits per heavy atom. The lowest BCUT2D eigenvalue weighted by molar-refractivity contribution is -0.168. The van der Waals surface area contributed by atoms with E-state index in [2.05, 4.69) is 0 Å². The van der Waals surface area contributed by atoms with E-state index in [4.69, 9.17) is 4.74 Å². The van der Waals surface area contributed by atoms with E-state index in [1.54, 1.807) is 6.92 Å². The van der Waals surface area contributed by atoms with E-state index < -0.39 is 6.10 Å². The van der Waals surface area contributed by atoms with Gasteiger partial charge >= 0.3 is 5.97 Å². The standard InChI is InChI=1S/C8H14O3/c1-3-6-4-7(9)5(2)8(10)11-6/h5-7,9H,3-4H2,1-2H3/t5?,6-,7+/m1/s1. The van der Waals surface area contributed by atoms with E-state index in [0.29, 0.717) is 6.42 Å². The van der Waals surface area contributed by atoms with E-state index in [9.17, 15) is 9.90 Å². The molecule has 0 bridgehead atoms. The van der Waals surface area contributed by atoms with Gasteiger partial charge in [-0.1, -0.05) is 6.92 Å². The SMILES string of the molecule is CC[C@@H]1C[C@H](O)C(C)C(=O)O1. The van der Waals surface area contributed by atoms with Crippen molar-refractivity contribution in [2.75, 3.05) is 0 Å². The van der Waals surface area contributed by atoms with Crippen molar-refractivity contribution >= 4 is 5.97 Å². The normalized spacial score (nSPS) is 38.5. The number of hydrogen-bond donors (Lipinski definition) is 1. The zero-order valence-corrected chi connectivity index (χ0v) is 6.91. The fourth-order valence-electron chi connectivity index (χ4n) is 1.20. The van der Waals surface area contributed by atoms with Crippen LogP contribution in [0.3, 0.4) is 0 Å². The summed E-state index contributed by atoms with van der Waals surface area (Å²) in [6.07, 6.45) is 0.786. The highest BCUT2D eigenvalue weighted by Crippen LogP contribution is 2.21. The van der Waals surface area contributed by atoms with Crippen LogP contribution in [0, 0.1) is 5.92 Å². The molecule has 64 valence electrons. The second kappa shape index (κ2) is 3.22. The molecule has 11 heavy (non-hydrogen) atoms. The number of aliphatic hydroxyl groups is 1. The molecule has 1 aliphatic rings. The predicted octanol–water partition coefficient (Wildman–Crippen LogP) is 0.709. The van der Waals surface area contributed by atoms with Crippen LogP contribution >= 0.6 is 0 Å². The maximum Gasteiger partial charge on any atom is 0.311 e. The summed E-state index contributed by atoms with van der Waals surface area (Å²) in [6.45, 7) is 3.64. The molecule has 0 aromatic heterocycles. The summed E-state index contributed by atoms with van der Waals surface area (Å²) in [5.74, 6) is -0.617. The average Bonchev–Trinajstić information content (AvgIpc) is 1.99. The summed E-state index contributed by atoms with van der Waals surface area (Å²) in [7, 11) is 0. The Bertz CT molecular complexity index is 155. The maximum atomic E-state index is 11.0. The molecular formula is C8H14O3. The molecule has 0 amide bonds. The molecule has 0 spiro atoms. The van der Waals surface area contributed by atoms with Crippen molar-refractivity contribution < 1.29 is 14.6 Å². The van der Waals surface area contributed by atoms with Gasteiger partial charge in [-0.2, -0.15) is 0 Å². The zero-order chi connectivity index (χ0) is 8.43. The smallest absolute Gasteiger partial charge is 0.311 e. The van der Waals surface area contributed by atoms with Gasteiger partial charge in [0.05, 0.1) is 12.0 Å². The Balaban J connectivity index is 2.54. The molecule has 1 rings (SSSR count). The average molecular weight is 158 g/mol. The van der Waals surface area contributed by atoms with Gasteiger partial charge in [0.15, 0.2) is 0 Å². The number of ether oxygens (including phenoxy) is 1. The van der Waals surface area contributed by atoms with Gasteiger partial charge in [-0.25, -0.2) is 0 Å². The number of esters is 1. The van der Waals surface area contributed by atoms with Gasteiger partial charge in [0.2, 0.25) is 0 Å². The van der Waals surface area contributed by atoms with Crippen molar-refractivity contribution in [1.82, 2.24) is 0 Å². The molecular weight excluding hydrogens is 144 g/mol. The van der Waals surface area contributed by atoms with Crippen LogP contribution < -0.4 is 0 Å². The lowest BCUT2D eigenvalue weighted by Gasteiger charge is -2.29. The number of carbonyl (C=O) groups excluding carboxylic acids is 1. The zero-order valence-electron chi connectivity index (χ0n) is 6.91. The van der Waals surface area contributed by atoms with Crippen LogP contribution in [-0.2, 0) is 9.53 Å². The molecule has 3 atom stereocenters. The molecule has 1 saturated heterocycles. The summed E-state index contributed by atoms with van der Waals surface area (Å²) >= 11 is 0. The van der Waals surface area contributed by atoms with Crippen molar-refractivity contribution in [3.63, 3.8) is 0 Å². The first kappa shape index (κ1) is 8.53.